The Morgan fingerprint density at radius 3 is 2.44 bits per heavy atom. The van der Waals surface area contributed by atoms with Crippen LogP contribution in [0.1, 0.15) is 27.7 Å². The van der Waals surface area contributed by atoms with Crippen LogP contribution >= 0.6 is 11.6 Å². The highest BCUT2D eigenvalue weighted by Gasteiger charge is 2.31. The van der Waals surface area contributed by atoms with Gasteiger partial charge in [0, 0.05) is 25.5 Å². The van der Waals surface area contributed by atoms with E-state index in [-0.39, 0.29) is 18.0 Å². The van der Waals surface area contributed by atoms with Crippen molar-refractivity contribution in [2.75, 3.05) is 31.3 Å². The van der Waals surface area contributed by atoms with Crippen molar-refractivity contribution in [2.24, 2.45) is 0 Å². The minimum atomic E-state index is -3.05. The highest BCUT2D eigenvalue weighted by atomic mass is 35.5. The molecule has 108 valence electrons. The molecule has 1 fully saturated rings. The Balaban J connectivity index is 2.53. The van der Waals surface area contributed by atoms with Crippen LogP contribution in [0.4, 0.5) is 0 Å². The van der Waals surface area contributed by atoms with Crippen molar-refractivity contribution in [1.29, 1.82) is 0 Å². The smallest absolute Gasteiger partial charge is 0.156 e. The first-order valence-electron chi connectivity index (χ1n) is 6.32. The molecule has 1 rings (SSSR count). The molecule has 2 unspecified atom stereocenters. The van der Waals surface area contributed by atoms with Gasteiger partial charge in [-0.25, -0.2) is 8.42 Å². The Labute approximate surface area is 116 Å². The highest BCUT2D eigenvalue weighted by molar-refractivity contribution is 7.92. The number of hydrogen-bond donors (Lipinski definition) is 0. The second kappa shape index (κ2) is 6.07. The Morgan fingerprint density at radius 2 is 1.94 bits per heavy atom. The highest BCUT2D eigenvalue weighted by Crippen LogP contribution is 2.17. The van der Waals surface area contributed by atoms with Gasteiger partial charge in [-0.2, -0.15) is 0 Å². The van der Waals surface area contributed by atoms with E-state index in [1.165, 1.54) is 0 Å². The summed E-state index contributed by atoms with van der Waals surface area (Å²) in [7, 11) is -3.05. The molecule has 2 atom stereocenters. The van der Waals surface area contributed by atoms with Crippen LogP contribution in [0, 0.1) is 0 Å². The number of rotatable bonds is 4. The lowest BCUT2D eigenvalue weighted by molar-refractivity contribution is -0.0645. The molecule has 4 nitrogen and oxygen atoms in total. The second-order valence-electron chi connectivity index (χ2n) is 5.91. The van der Waals surface area contributed by atoms with Crippen LogP contribution in [0.5, 0.6) is 0 Å². The van der Waals surface area contributed by atoms with E-state index in [2.05, 4.69) is 4.90 Å². The largest absolute Gasteiger partial charge is 0.371 e. The molecule has 0 bridgehead atoms. The van der Waals surface area contributed by atoms with E-state index < -0.39 is 14.6 Å². The summed E-state index contributed by atoms with van der Waals surface area (Å²) in [6.45, 7) is 9.26. The number of alkyl halides is 1. The van der Waals surface area contributed by atoms with Gasteiger partial charge in [0.2, 0.25) is 0 Å². The maximum absolute atomic E-state index is 12.0. The Kier molecular flexibility index (Phi) is 5.47. The SMILES string of the molecule is CC1CN(CCS(=O)(=O)C(C)(C)C)CC(CCl)O1. The number of hydrogen-bond acceptors (Lipinski definition) is 4. The van der Waals surface area contributed by atoms with Crippen molar-refractivity contribution in [3.63, 3.8) is 0 Å². The Morgan fingerprint density at radius 1 is 1.33 bits per heavy atom. The summed E-state index contributed by atoms with van der Waals surface area (Å²) in [6, 6.07) is 0. The van der Waals surface area contributed by atoms with Crippen LogP contribution in [0.3, 0.4) is 0 Å². The van der Waals surface area contributed by atoms with E-state index >= 15 is 0 Å². The zero-order valence-corrected chi connectivity index (χ0v) is 13.2. The average Bonchev–Trinajstić information content (AvgIpc) is 2.24. The molecule has 0 aromatic heterocycles. The van der Waals surface area contributed by atoms with Crippen molar-refractivity contribution in [3.05, 3.63) is 0 Å². The molecular formula is C12H24ClNO3S. The first-order valence-corrected chi connectivity index (χ1v) is 8.50. The molecule has 0 aromatic carbocycles. The van der Waals surface area contributed by atoms with Gasteiger partial charge in [0.15, 0.2) is 9.84 Å². The van der Waals surface area contributed by atoms with E-state index in [9.17, 15) is 8.42 Å². The lowest BCUT2D eigenvalue weighted by Gasteiger charge is -2.36. The summed E-state index contributed by atoms with van der Waals surface area (Å²) in [5, 5.41) is 0. The van der Waals surface area contributed by atoms with Gasteiger partial charge in [0.05, 0.1) is 22.7 Å². The van der Waals surface area contributed by atoms with E-state index in [4.69, 9.17) is 16.3 Å². The molecule has 0 radical (unpaired) electrons. The zero-order valence-electron chi connectivity index (χ0n) is 11.6. The standard InChI is InChI=1S/C12H24ClNO3S/c1-10-8-14(9-11(7-13)17-10)5-6-18(15,16)12(2,3)4/h10-11H,5-9H2,1-4H3. The summed E-state index contributed by atoms with van der Waals surface area (Å²) >= 11 is 5.80. The van der Waals surface area contributed by atoms with Crippen LogP contribution in [-0.2, 0) is 14.6 Å². The number of nitrogens with zero attached hydrogens (tertiary/aromatic N) is 1. The first-order chi connectivity index (χ1) is 8.15. The van der Waals surface area contributed by atoms with Gasteiger partial charge in [-0.1, -0.05) is 0 Å². The fourth-order valence-electron chi connectivity index (χ4n) is 1.96. The molecule has 0 aliphatic carbocycles. The molecule has 1 saturated heterocycles. The van der Waals surface area contributed by atoms with Crippen LogP contribution in [0.2, 0.25) is 0 Å². The van der Waals surface area contributed by atoms with Gasteiger partial charge in [-0.15, -0.1) is 11.6 Å². The van der Waals surface area contributed by atoms with Crippen LogP contribution < -0.4 is 0 Å². The lowest BCUT2D eigenvalue weighted by atomic mass is 10.2. The molecule has 1 aliphatic rings. The molecule has 0 aromatic rings. The molecule has 0 N–H and O–H groups in total. The summed E-state index contributed by atoms with van der Waals surface area (Å²) in [4.78, 5) is 2.13. The molecule has 6 heteroatoms. The molecular weight excluding hydrogens is 274 g/mol. The van der Waals surface area contributed by atoms with Crippen molar-refractivity contribution in [1.82, 2.24) is 4.90 Å². The summed E-state index contributed by atoms with van der Waals surface area (Å²) < 4.78 is 29.0. The quantitative estimate of drug-likeness (QED) is 0.738. The molecule has 18 heavy (non-hydrogen) atoms. The Hall–Kier alpha value is 0.160. The fourth-order valence-corrected chi connectivity index (χ4v) is 3.25. The maximum atomic E-state index is 12.0. The van der Waals surface area contributed by atoms with E-state index in [1.54, 1.807) is 20.8 Å². The van der Waals surface area contributed by atoms with Gasteiger partial charge in [0.25, 0.3) is 0 Å². The van der Waals surface area contributed by atoms with Crippen LogP contribution in [-0.4, -0.2) is 61.5 Å². The summed E-state index contributed by atoms with van der Waals surface area (Å²) in [5.74, 6) is 0.644. The maximum Gasteiger partial charge on any atom is 0.156 e. The van der Waals surface area contributed by atoms with Gasteiger partial charge < -0.3 is 4.74 Å². The van der Waals surface area contributed by atoms with Crippen molar-refractivity contribution in [3.8, 4) is 0 Å². The van der Waals surface area contributed by atoms with Gasteiger partial charge in [-0.05, 0) is 27.7 Å². The molecule has 0 saturated carbocycles. The normalized spacial score (nSPS) is 27.4. The molecule has 1 heterocycles. The van der Waals surface area contributed by atoms with Gasteiger partial charge in [-0.3, -0.25) is 4.90 Å². The number of sulfone groups is 1. The third-order valence-corrected chi connectivity index (χ3v) is 6.11. The molecule has 0 amide bonds. The van der Waals surface area contributed by atoms with Crippen LogP contribution in [0.25, 0.3) is 0 Å². The minimum Gasteiger partial charge on any atom is -0.371 e. The van der Waals surface area contributed by atoms with E-state index in [1.807, 2.05) is 6.92 Å². The van der Waals surface area contributed by atoms with E-state index in [0.717, 1.165) is 6.54 Å². The summed E-state index contributed by atoms with van der Waals surface area (Å²) in [6.07, 6.45) is 0.118. The predicted octanol–water partition coefficient (Wildman–Crippen LogP) is 1.53. The Bertz CT molecular complexity index is 364. The average molecular weight is 298 g/mol. The summed E-state index contributed by atoms with van der Waals surface area (Å²) in [5.41, 5.74) is 0. The fraction of sp³-hybridized carbons (Fsp3) is 1.00. The lowest BCUT2D eigenvalue weighted by Crippen LogP contribution is -2.49. The third-order valence-electron chi connectivity index (χ3n) is 3.18. The monoisotopic (exact) mass is 297 g/mol. The zero-order chi connectivity index (χ0) is 14.0. The predicted molar refractivity (Wildman–Crippen MR) is 75.0 cm³/mol. The van der Waals surface area contributed by atoms with Crippen LogP contribution in [0.15, 0.2) is 0 Å². The van der Waals surface area contributed by atoms with Crippen molar-refractivity contribution < 1.29 is 13.2 Å². The number of halogens is 1. The number of morpholine rings is 1. The van der Waals surface area contributed by atoms with E-state index in [0.29, 0.717) is 19.0 Å². The topological polar surface area (TPSA) is 46.6 Å². The third kappa shape index (κ3) is 4.37. The minimum absolute atomic E-state index is 0.00718. The second-order valence-corrected chi connectivity index (χ2v) is 9.08. The van der Waals surface area contributed by atoms with Crippen molar-refractivity contribution in [2.45, 2.75) is 44.6 Å². The molecule has 1 aliphatic heterocycles. The van der Waals surface area contributed by atoms with Crippen molar-refractivity contribution >= 4 is 21.4 Å². The first kappa shape index (κ1) is 16.2. The number of ether oxygens (including phenoxy) is 1. The van der Waals surface area contributed by atoms with Gasteiger partial charge in [0.1, 0.15) is 0 Å². The van der Waals surface area contributed by atoms with Gasteiger partial charge >= 0.3 is 0 Å². The molecule has 0 spiro atoms.